The van der Waals surface area contributed by atoms with Gasteiger partial charge in [-0.25, -0.2) is 14.4 Å². The number of fused-ring (bicyclic) bond motifs is 1. The third kappa shape index (κ3) is 2.98. The molecule has 0 fully saturated rings. The third-order valence-corrected chi connectivity index (χ3v) is 4.55. The number of hydrogen-bond donors (Lipinski definition) is 4. The average Bonchev–Trinajstić information content (AvgIpc) is 3.09. The van der Waals surface area contributed by atoms with E-state index in [9.17, 15) is 17.6 Å². The summed E-state index contributed by atoms with van der Waals surface area (Å²) >= 11 is 0. The molecule has 0 saturated carbocycles. The number of hydrogen-bond acceptors (Lipinski definition) is 5. The highest BCUT2D eigenvalue weighted by Gasteiger charge is 2.36. The fraction of sp³-hybridized carbons (Fsp3) is 0.0526. The second-order valence-corrected chi connectivity index (χ2v) is 6.35. The van der Waals surface area contributed by atoms with Crippen LogP contribution in [0.4, 0.5) is 34.6 Å². The normalized spacial score (nSPS) is 11.9. The van der Waals surface area contributed by atoms with E-state index in [4.69, 9.17) is 17.2 Å². The quantitative estimate of drug-likeness (QED) is 0.296. The zero-order valence-electron chi connectivity index (χ0n) is 14.7. The first-order valence-corrected chi connectivity index (χ1v) is 8.32. The highest BCUT2D eigenvalue weighted by Crippen LogP contribution is 2.41. The summed E-state index contributed by atoms with van der Waals surface area (Å²) in [6.07, 6.45) is -2.82. The number of aromatic amines is 1. The summed E-state index contributed by atoms with van der Waals surface area (Å²) in [6.45, 7) is 0. The van der Waals surface area contributed by atoms with Crippen LogP contribution < -0.4 is 17.2 Å². The van der Waals surface area contributed by atoms with Gasteiger partial charge >= 0.3 is 6.18 Å². The van der Waals surface area contributed by atoms with Crippen molar-refractivity contribution in [2.45, 2.75) is 6.18 Å². The molecule has 0 spiro atoms. The van der Waals surface area contributed by atoms with Crippen LogP contribution in [0.2, 0.25) is 0 Å². The Kier molecular flexibility index (Phi) is 4.07. The molecule has 148 valence electrons. The Morgan fingerprint density at radius 2 is 1.69 bits per heavy atom. The number of nitrogens with one attached hydrogen (secondary N) is 1. The standard InChI is InChI=1S/C19H14F4N6/c20-11-3-1-2-8-9(6-27-17(8)11)16-10(19(21,22)23)7-28-18(29-16)14-12(24)4-5-13(25)15(14)26/h1-7,27H,24-26H2. The Morgan fingerprint density at radius 3 is 2.41 bits per heavy atom. The van der Waals surface area contributed by atoms with Crippen LogP contribution >= 0.6 is 0 Å². The minimum Gasteiger partial charge on any atom is -0.398 e. The molecular weight excluding hydrogens is 388 g/mol. The molecule has 0 saturated heterocycles. The minimum absolute atomic E-state index is 0.0562. The Balaban J connectivity index is 2.03. The highest BCUT2D eigenvalue weighted by molar-refractivity contribution is 5.96. The summed E-state index contributed by atoms with van der Waals surface area (Å²) in [7, 11) is 0. The molecule has 7 N–H and O–H groups in total. The first-order valence-electron chi connectivity index (χ1n) is 8.32. The van der Waals surface area contributed by atoms with Gasteiger partial charge in [-0.1, -0.05) is 12.1 Å². The lowest BCUT2D eigenvalue weighted by atomic mass is 10.0. The second-order valence-electron chi connectivity index (χ2n) is 6.35. The topological polar surface area (TPSA) is 120 Å². The van der Waals surface area contributed by atoms with Gasteiger partial charge in [0, 0.05) is 29.0 Å². The molecule has 4 rings (SSSR count). The number of halogens is 4. The first-order chi connectivity index (χ1) is 13.7. The van der Waals surface area contributed by atoms with Gasteiger partial charge in [-0.3, -0.25) is 0 Å². The zero-order valence-corrected chi connectivity index (χ0v) is 14.7. The van der Waals surface area contributed by atoms with Crippen LogP contribution in [0.1, 0.15) is 5.56 Å². The number of anilines is 3. The summed E-state index contributed by atoms with van der Waals surface area (Å²) in [5.41, 5.74) is 16.8. The molecule has 0 atom stereocenters. The van der Waals surface area contributed by atoms with Crippen LogP contribution in [-0.4, -0.2) is 15.0 Å². The van der Waals surface area contributed by atoms with E-state index in [0.717, 1.165) is 0 Å². The van der Waals surface area contributed by atoms with Crippen LogP contribution in [-0.2, 0) is 6.18 Å². The monoisotopic (exact) mass is 402 g/mol. The molecule has 29 heavy (non-hydrogen) atoms. The van der Waals surface area contributed by atoms with Gasteiger partial charge in [0.15, 0.2) is 5.82 Å². The number of rotatable bonds is 2. The van der Waals surface area contributed by atoms with Crippen molar-refractivity contribution >= 4 is 28.0 Å². The maximum absolute atomic E-state index is 14.0. The predicted molar refractivity (Wildman–Crippen MR) is 103 cm³/mol. The maximum Gasteiger partial charge on any atom is 0.419 e. The number of H-pyrrole nitrogens is 1. The highest BCUT2D eigenvalue weighted by atomic mass is 19.4. The number of benzene rings is 2. The predicted octanol–water partition coefficient (Wildman–Crippen LogP) is 4.20. The van der Waals surface area contributed by atoms with Crippen molar-refractivity contribution in [1.82, 2.24) is 15.0 Å². The van der Waals surface area contributed by atoms with Crippen LogP contribution in [0.25, 0.3) is 33.5 Å². The van der Waals surface area contributed by atoms with Crippen LogP contribution in [0.3, 0.4) is 0 Å². The van der Waals surface area contributed by atoms with Crippen molar-refractivity contribution in [3.63, 3.8) is 0 Å². The van der Waals surface area contributed by atoms with Gasteiger partial charge in [0.1, 0.15) is 11.4 Å². The molecule has 0 unspecified atom stereocenters. The number of aromatic nitrogens is 3. The van der Waals surface area contributed by atoms with Gasteiger partial charge in [-0.15, -0.1) is 0 Å². The summed E-state index contributed by atoms with van der Waals surface area (Å²) < 4.78 is 54.9. The van der Waals surface area contributed by atoms with Crippen LogP contribution in [0.15, 0.2) is 42.7 Å². The smallest absolute Gasteiger partial charge is 0.398 e. The number of nitrogens with zero attached hydrogens (tertiary/aromatic N) is 2. The molecule has 2 heterocycles. The molecule has 10 heteroatoms. The Morgan fingerprint density at radius 1 is 0.966 bits per heavy atom. The summed E-state index contributed by atoms with van der Waals surface area (Å²) in [5, 5.41) is 0.244. The number of para-hydroxylation sites is 1. The lowest BCUT2D eigenvalue weighted by molar-refractivity contribution is -0.137. The van der Waals surface area contributed by atoms with E-state index in [-0.39, 0.29) is 44.9 Å². The van der Waals surface area contributed by atoms with Crippen molar-refractivity contribution in [1.29, 1.82) is 0 Å². The first kappa shape index (κ1) is 18.5. The van der Waals surface area contributed by atoms with Crippen LogP contribution in [0, 0.1) is 5.82 Å². The van der Waals surface area contributed by atoms with Crippen molar-refractivity contribution in [3.8, 4) is 22.6 Å². The molecule has 0 aliphatic carbocycles. The third-order valence-electron chi connectivity index (χ3n) is 4.55. The summed E-state index contributed by atoms with van der Waals surface area (Å²) in [4.78, 5) is 10.6. The Hall–Kier alpha value is -3.82. The average molecular weight is 402 g/mol. The molecule has 2 aromatic carbocycles. The van der Waals surface area contributed by atoms with Gasteiger partial charge in [-0.2, -0.15) is 13.2 Å². The van der Waals surface area contributed by atoms with Crippen molar-refractivity contribution in [3.05, 3.63) is 54.1 Å². The van der Waals surface area contributed by atoms with E-state index in [1.165, 1.54) is 36.5 Å². The van der Waals surface area contributed by atoms with E-state index in [1.54, 1.807) is 0 Å². The Labute approximate surface area is 161 Å². The minimum atomic E-state index is -4.74. The van der Waals surface area contributed by atoms with Crippen LogP contribution in [0.5, 0.6) is 0 Å². The van der Waals surface area contributed by atoms with Gasteiger partial charge in [0.25, 0.3) is 0 Å². The van der Waals surface area contributed by atoms with E-state index >= 15 is 0 Å². The lowest BCUT2D eigenvalue weighted by Crippen LogP contribution is -2.11. The van der Waals surface area contributed by atoms with Gasteiger partial charge in [0.05, 0.1) is 28.1 Å². The SMILES string of the molecule is Nc1ccc(N)c(-c2ncc(C(F)(F)F)c(-c3c[nH]c4c(F)cccc34)n2)c1N. The molecule has 0 amide bonds. The Bertz CT molecular complexity index is 1250. The molecule has 4 aromatic rings. The van der Waals surface area contributed by atoms with Crippen molar-refractivity contribution < 1.29 is 17.6 Å². The second kappa shape index (κ2) is 6.36. The van der Waals surface area contributed by atoms with E-state index in [0.29, 0.717) is 6.20 Å². The van der Waals surface area contributed by atoms with Gasteiger partial charge in [0.2, 0.25) is 0 Å². The van der Waals surface area contributed by atoms with E-state index in [2.05, 4.69) is 15.0 Å². The van der Waals surface area contributed by atoms with Crippen molar-refractivity contribution in [2.75, 3.05) is 17.2 Å². The maximum atomic E-state index is 14.0. The summed E-state index contributed by atoms with van der Waals surface area (Å²) in [5.74, 6) is -0.720. The molecule has 0 aliphatic rings. The molecule has 0 radical (unpaired) electrons. The molecular formula is C19H14F4N6. The zero-order chi connectivity index (χ0) is 20.9. The number of alkyl halides is 3. The van der Waals surface area contributed by atoms with E-state index < -0.39 is 23.3 Å². The van der Waals surface area contributed by atoms with Gasteiger partial charge < -0.3 is 22.2 Å². The molecule has 0 aliphatic heterocycles. The van der Waals surface area contributed by atoms with Gasteiger partial charge in [-0.05, 0) is 18.2 Å². The summed E-state index contributed by atoms with van der Waals surface area (Å²) in [6, 6.07) is 7.03. The van der Waals surface area contributed by atoms with E-state index in [1.807, 2.05) is 0 Å². The molecule has 6 nitrogen and oxygen atoms in total. The fourth-order valence-corrected chi connectivity index (χ4v) is 3.13. The lowest BCUT2D eigenvalue weighted by Gasteiger charge is -2.15. The largest absolute Gasteiger partial charge is 0.419 e. The molecule has 0 bridgehead atoms. The molecule has 2 aromatic heterocycles. The fourth-order valence-electron chi connectivity index (χ4n) is 3.13. The number of nitrogens with two attached hydrogens (primary N) is 3. The van der Waals surface area contributed by atoms with Crippen molar-refractivity contribution in [2.24, 2.45) is 0 Å². The number of nitrogen functional groups attached to an aromatic ring is 3.